The normalized spacial score (nSPS) is 11.2. The first-order valence-corrected chi connectivity index (χ1v) is 10.1. The molecule has 0 unspecified atom stereocenters. The van der Waals surface area contributed by atoms with E-state index in [9.17, 15) is 0 Å². The Bertz CT molecular complexity index is 1070. The number of benzene rings is 2. The van der Waals surface area contributed by atoms with Crippen molar-refractivity contribution in [3.05, 3.63) is 84.0 Å². The van der Waals surface area contributed by atoms with Gasteiger partial charge in [-0.05, 0) is 68.9 Å². The molecule has 0 spiro atoms. The lowest BCUT2D eigenvalue weighted by molar-refractivity contribution is 0.313. The summed E-state index contributed by atoms with van der Waals surface area (Å²) in [6.07, 6.45) is 3.72. The van der Waals surface area contributed by atoms with Gasteiger partial charge in [-0.1, -0.05) is 12.1 Å². The molecule has 2 aromatic carbocycles. The van der Waals surface area contributed by atoms with Crippen LogP contribution in [0.3, 0.4) is 0 Å². The number of ether oxygens (including phenoxy) is 1. The van der Waals surface area contributed by atoms with Crippen molar-refractivity contribution >= 4 is 0 Å². The lowest BCUT2D eigenvalue weighted by atomic mass is 10.2. The van der Waals surface area contributed by atoms with Crippen LogP contribution < -0.4 is 4.74 Å². The molecule has 0 aliphatic heterocycles. The van der Waals surface area contributed by atoms with Gasteiger partial charge in [-0.15, -0.1) is 0 Å². The molecular weight excluding hydrogens is 376 g/mol. The van der Waals surface area contributed by atoms with E-state index in [1.165, 1.54) is 5.56 Å². The first kappa shape index (κ1) is 19.9. The summed E-state index contributed by atoms with van der Waals surface area (Å²) in [6.45, 7) is 6.13. The van der Waals surface area contributed by atoms with Crippen LogP contribution in [0.25, 0.3) is 17.1 Å². The molecule has 0 amide bonds. The van der Waals surface area contributed by atoms with E-state index in [1.807, 2.05) is 55.1 Å². The highest BCUT2D eigenvalue weighted by molar-refractivity contribution is 5.55. The third-order valence-corrected chi connectivity index (χ3v) is 4.88. The molecule has 2 heterocycles. The van der Waals surface area contributed by atoms with Gasteiger partial charge >= 0.3 is 0 Å². The summed E-state index contributed by atoms with van der Waals surface area (Å²) in [5.41, 5.74) is 4.19. The summed E-state index contributed by atoms with van der Waals surface area (Å²) in [5.74, 6) is 2.34. The van der Waals surface area contributed by atoms with Crippen molar-refractivity contribution < 1.29 is 9.15 Å². The summed E-state index contributed by atoms with van der Waals surface area (Å²) < 4.78 is 13.3. The van der Waals surface area contributed by atoms with E-state index in [4.69, 9.17) is 14.1 Å². The number of hydrogen-bond donors (Lipinski definition) is 0. The molecule has 0 radical (unpaired) electrons. The largest absolute Gasteiger partial charge is 0.494 e. The third-order valence-electron chi connectivity index (χ3n) is 4.88. The maximum Gasteiger partial charge on any atom is 0.226 e. The van der Waals surface area contributed by atoms with Gasteiger partial charge in [-0.25, -0.2) is 9.67 Å². The fourth-order valence-corrected chi connectivity index (χ4v) is 3.36. The molecule has 154 valence electrons. The molecule has 0 saturated heterocycles. The molecule has 2 aromatic heterocycles. The SMILES string of the molecule is CCOc1ccc(-c2nc(CN(C)Cc3ccc(-n4cccn4)cc3)c(C)o2)cc1. The maximum atomic E-state index is 5.92. The van der Waals surface area contributed by atoms with Gasteiger partial charge in [0.05, 0.1) is 18.0 Å². The van der Waals surface area contributed by atoms with Crippen molar-refractivity contribution in [2.45, 2.75) is 26.9 Å². The number of nitrogens with zero attached hydrogens (tertiary/aromatic N) is 4. The number of aryl methyl sites for hydroxylation is 1. The third kappa shape index (κ3) is 4.60. The molecule has 4 rings (SSSR count). The number of oxazole rings is 1. The first-order valence-electron chi connectivity index (χ1n) is 10.1. The Hall–Kier alpha value is -3.38. The summed E-state index contributed by atoms with van der Waals surface area (Å²) in [7, 11) is 2.09. The van der Waals surface area contributed by atoms with Crippen LogP contribution in [0, 0.1) is 6.92 Å². The summed E-state index contributed by atoms with van der Waals surface area (Å²) in [4.78, 5) is 6.96. The van der Waals surface area contributed by atoms with Gasteiger partial charge in [0, 0.05) is 31.0 Å². The molecule has 6 heteroatoms. The first-order chi connectivity index (χ1) is 14.6. The molecule has 0 aliphatic rings. The second-order valence-electron chi connectivity index (χ2n) is 7.27. The highest BCUT2D eigenvalue weighted by Gasteiger charge is 2.14. The average molecular weight is 402 g/mol. The van der Waals surface area contributed by atoms with E-state index >= 15 is 0 Å². The molecule has 0 N–H and O–H groups in total. The van der Waals surface area contributed by atoms with E-state index in [0.29, 0.717) is 19.0 Å². The van der Waals surface area contributed by atoms with Gasteiger partial charge in [0.25, 0.3) is 0 Å². The van der Waals surface area contributed by atoms with Crippen molar-refractivity contribution in [3.8, 4) is 22.9 Å². The zero-order chi connectivity index (χ0) is 20.9. The zero-order valence-corrected chi connectivity index (χ0v) is 17.6. The van der Waals surface area contributed by atoms with Crippen molar-refractivity contribution in [1.29, 1.82) is 0 Å². The van der Waals surface area contributed by atoms with Crippen LogP contribution in [0.2, 0.25) is 0 Å². The topological polar surface area (TPSA) is 56.3 Å². The average Bonchev–Trinajstić information content (AvgIpc) is 3.40. The number of rotatable bonds is 8. The quantitative estimate of drug-likeness (QED) is 0.421. The standard InChI is InChI=1S/C24H26N4O2/c1-4-29-22-12-8-20(9-13-22)24-26-23(18(2)30-24)17-27(3)16-19-6-10-21(11-7-19)28-15-5-14-25-28/h5-15H,4,16-17H2,1-3H3. The Morgan fingerprint density at radius 3 is 2.47 bits per heavy atom. The lowest BCUT2D eigenvalue weighted by Gasteiger charge is -2.15. The smallest absolute Gasteiger partial charge is 0.226 e. The van der Waals surface area contributed by atoms with Gasteiger partial charge in [0.2, 0.25) is 5.89 Å². The van der Waals surface area contributed by atoms with Crippen molar-refractivity contribution in [2.75, 3.05) is 13.7 Å². The molecular formula is C24H26N4O2. The summed E-state index contributed by atoms with van der Waals surface area (Å²) in [5, 5.41) is 4.26. The second-order valence-corrected chi connectivity index (χ2v) is 7.27. The number of aromatic nitrogens is 3. The highest BCUT2D eigenvalue weighted by atomic mass is 16.5. The molecule has 0 fully saturated rings. The second kappa shape index (κ2) is 8.97. The highest BCUT2D eigenvalue weighted by Crippen LogP contribution is 2.25. The van der Waals surface area contributed by atoms with E-state index in [-0.39, 0.29) is 0 Å². The minimum Gasteiger partial charge on any atom is -0.494 e. The van der Waals surface area contributed by atoms with E-state index < -0.39 is 0 Å². The monoisotopic (exact) mass is 402 g/mol. The van der Waals surface area contributed by atoms with Crippen LogP contribution in [-0.2, 0) is 13.1 Å². The Morgan fingerprint density at radius 2 is 1.80 bits per heavy atom. The van der Waals surface area contributed by atoms with E-state index in [0.717, 1.165) is 35.0 Å². The Morgan fingerprint density at radius 1 is 1.03 bits per heavy atom. The van der Waals surface area contributed by atoms with Gasteiger partial charge in [0.15, 0.2) is 0 Å². The fourth-order valence-electron chi connectivity index (χ4n) is 3.36. The fraction of sp³-hybridized carbons (Fsp3) is 0.250. The van der Waals surface area contributed by atoms with Gasteiger partial charge in [-0.2, -0.15) is 5.10 Å². The van der Waals surface area contributed by atoms with Crippen LogP contribution in [0.5, 0.6) is 5.75 Å². The van der Waals surface area contributed by atoms with Crippen molar-refractivity contribution in [1.82, 2.24) is 19.7 Å². The van der Waals surface area contributed by atoms with Crippen LogP contribution in [0.15, 0.2) is 71.4 Å². The Labute approximate surface area is 176 Å². The number of hydrogen-bond acceptors (Lipinski definition) is 5. The van der Waals surface area contributed by atoms with Crippen LogP contribution in [-0.4, -0.2) is 33.3 Å². The van der Waals surface area contributed by atoms with Gasteiger partial charge in [-0.3, -0.25) is 4.90 Å². The maximum absolute atomic E-state index is 5.92. The molecule has 6 nitrogen and oxygen atoms in total. The van der Waals surface area contributed by atoms with Gasteiger partial charge in [0.1, 0.15) is 11.5 Å². The minimum absolute atomic E-state index is 0.641. The molecule has 0 aliphatic carbocycles. The Kier molecular flexibility index (Phi) is 5.95. The molecule has 0 atom stereocenters. The molecule has 0 bridgehead atoms. The lowest BCUT2D eigenvalue weighted by Crippen LogP contribution is -2.18. The summed E-state index contributed by atoms with van der Waals surface area (Å²) in [6, 6.07) is 18.2. The van der Waals surface area contributed by atoms with Crippen LogP contribution in [0.4, 0.5) is 0 Å². The van der Waals surface area contributed by atoms with Crippen molar-refractivity contribution in [3.63, 3.8) is 0 Å². The summed E-state index contributed by atoms with van der Waals surface area (Å²) >= 11 is 0. The molecule has 30 heavy (non-hydrogen) atoms. The van der Waals surface area contributed by atoms with E-state index in [1.54, 1.807) is 6.20 Å². The predicted molar refractivity (Wildman–Crippen MR) is 117 cm³/mol. The predicted octanol–water partition coefficient (Wildman–Crippen LogP) is 4.87. The molecule has 0 saturated carbocycles. The van der Waals surface area contributed by atoms with Crippen LogP contribution in [0.1, 0.15) is 23.9 Å². The van der Waals surface area contributed by atoms with Crippen molar-refractivity contribution in [2.24, 2.45) is 0 Å². The molecule has 4 aromatic rings. The minimum atomic E-state index is 0.641. The zero-order valence-electron chi connectivity index (χ0n) is 17.6. The van der Waals surface area contributed by atoms with E-state index in [2.05, 4.69) is 41.3 Å². The van der Waals surface area contributed by atoms with Crippen LogP contribution >= 0.6 is 0 Å². The Balaban J connectivity index is 1.40. The van der Waals surface area contributed by atoms with Gasteiger partial charge < -0.3 is 9.15 Å².